The Morgan fingerprint density at radius 3 is 2.39 bits per heavy atom. The van der Waals surface area contributed by atoms with Crippen LogP contribution >= 0.6 is 0 Å². The van der Waals surface area contributed by atoms with Crippen molar-refractivity contribution in [1.29, 1.82) is 0 Å². The number of hydrogen-bond acceptors (Lipinski definition) is 4. The van der Waals surface area contributed by atoms with Crippen molar-refractivity contribution < 1.29 is 17.9 Å². The maximum Gasteiger partial charge on any atom is 0.410 e. The van der Waals surface area contributed by atoms with Gasteiger partial charge in [-0.1, -0.05) is 0 Å². The Balaban J connectivity index is 2.62. The van der Waals surface area contributed by atoms with E-state index in [0.29, 0.717) is 13.0 Å². The second kappa shape index (κ2) is 5.05. The summed E-state index contributed by atoms with van der Waals surface area (Å²) in [6.45, 7) is 7.64. The number of sulfonamides is 1. The van der Waals surface area contributed by atoms with E-state index in [0.717, 1.165) is 6.26 Å². The molecule has 0 unspecified atom stereocenters. The molecule has 1 aliphatic heterocycles. The molecule has 1 amide bonds. The first kappa shape index (κ1) is 15.2. The molecule has 0 saturated carbocycles. The van der Waals surface area contributed by atoms with Crippen molar-refractivity contribution in [3.63, 3.8) is 0 Å². The van der Waals surface area contributed by atoms with Gasteiger partial charge in [-0.05, 0) is 34.1 Å². The highest BCUT2D eigenvalue weighted by Gasteiger charge is 2.35. The second-order valence-corrected chi connectivity index (χ2v) is 7.58. The van der Waals surface area contributed by atoms with Gasteiger partial charge < -0.3 is 9.64 Å². The number of amides is 1. The van der Waals surface area contributed by atoms with Crippen LogP contribution in [0, 0.1) is 0 Å². The maximum absolute atomic E-state index is 11.9. The van der Waals surface area contributed by atoms with Crippen LogP contribution < -0.4 is 4.72 Å². The molecule has 1 rings (SSSR count). The molecule has 2 atom stereocenters. The van der Waals surface area contributed by atoms with Gasteiger partial charge in [0.15, 0.2) is 0 Å². The number of likely N-dealkylation sites (tertiary alicyclic amines) is 1. The molecule has 0 spiro atoms. The van der Waals surface area contributed by atoms with E-state index in [1.54, 1.807) is 25.7 Å². The summed E-state index contributed by atoms with van der Waals surface area (Å²) in [7, 11) is -3.24. The van der Waals surface area contributed by atoms with E-state index in [9.17, 15) is 13.2 Å². The highest BCUT2D eigenvalue weighted by atomic mass is 32.2. The van der Waals surface area contributed by atoms with E-state index >= 15 is 0 Å². The van der Waals surface area contributed by atoms with Crippen molar-refractivity contribution in [2.24, 2.45) is 0 Å². The predicted octanol–water partition coefficient (Wildman–Crippen LogP) is 0.933. The first-order chi connectivity index (χ1) is 7.98. The molecule has 0 aromatic heterocycles. The van der Waals surface area contributed by atoms with E-state index in [4.69, 9.17) is 4.74 Å². The minimum absolute atomic E-state index is 0.0286. The zero-order valence-electron chi connectivity index (χ0n) is 11.6. The van der Waals surface area contributed by atoms with Crippen molar-refractivity contribution in [1.82, 2.24) is 9.62 Å². The summed E-state index contributed by atoms with van der Waals surface area (Å²) in [4.78, 5) is 13.5. The van der Waals surface area contributed by atoms with Crippen LogP contribution in [0.4, 0.5) is 4.79 Å². The molecule has 18 heavy (non-hydrogen) atoms. The minimum atomic E-state index is -3.24. The minimum Gasteiger partial charge on any atom is -0.444 e. The molecule has 7 heteroatoms. The zero-order valence-corrected chi connectivity index (χ0v) is 12.4. The van der Waals surface area contributed by atoms with E-state index < -0.39 is 21.7 Å². The molecule has 1 aliphatic rings. The molecule has 0 aliphatic carbocycles. The molecule has 0 aromatic rings. The van der Waals surface area contributed by atoms with Crippen LogP contribution in [-0.4, -0.2) is 49.9 Å². The Morgan fingerprint density at radius 1 is 1.39 bits per heavy atom. The normalized spacial score (nSPS) is 25.3. The summed E-state index contributed by atoms with van der Waals surface area (Å²) in [5.41, 5.74) is -0.543. The van der Waals surface area contributed by atoms with E-state index in [-0.39, 0.29) is 12.1 Å². The summed E-state index contributed by atoms with van der Waals surface area (Å²) in [6.07, 6.45) is 1.33. The van der Waals surface area contributed by atoms with Crippen molar-refractivity contribution >= 4 is 16.1 Å². The molecule has 106 valence electrons. The average Bonchev–Trinajstić information content (AvgIpc) is 2.39. The van der Waals surface area contributed by atoms with Gasteiger partial charge >= 0.3 is 6.09 Å². The highest BCUT2D eigenvalue weighted by Crippen LogP contribution is 2.21. The van der Waals surface area contributed by atoms with E-state index in [1.807, 2.05) is 6.92 Å². The van der Waals surface area contributed by atoms with Crippen molar-refractivity contribution in [2.75, 3.05) is 12.8 Å². The third kappa shape index (κ3) is 4.81. The van der Waals surface area contributed by atoms with Crippen LogP contribution in [-0.2, 0) is 14.8 Å². The molecule has 1 saturated heterocycles. The van der Waals surface area contributed by atoms with Gasteiger partial charge in [0, 0.05) is 18.6 Å². The fourth-order valence-corrected chi connectivity index (χ4v) is 2.77. The maximum atomic E-state index is 11.9. The Morgan fingerprint density at radius 2 is 1.94 bits per heavy atom. The Bertz CT molecular complexity index is 413. The highest BCUT2D eigenvalue weighted by molar-refractivity contribution is 7.88. The molecule has 6 nitrogen and oxygen atoms in total. The standard InChI is InChI=1S/C11H22N2O4S/c1-8-6-9(12-18(5,15)16)7-13(8)10(14)17-11(2,3)4/h8-9,12H,6-7H2,1-5H3/t8-,9+/m1/s1. The Kier molecular flexibility index (Phi) is 4.27. The first-order valence-corrected chi connectivity index (χ1v) is 7.84. The van der Waals surface area contributed by atoms with Gasteiger partial charge in [-0.3, -0.25) is 0 Å². The van der Waals surface area contributed by atoms with Gasteiger partial charge in [0.2, 0.25) is 10.0 Å². The van der Waals surface area contributed by atoms with E-state index in [1.165, 1.54) is 0 Å². The largest absolute Gasteiger partial charge is 0.444 e. The number of carbonyl (C=O) groups is 1. The lowest BCUT2D eigenvalue weighted by Crippen LogP contribution is -2.41. The number of rotatable bonds is 2. The fourth-order valence-electron chi connectivity index (χ4n) is 1.99. The molecular formula is C11H22N2O4S. The molecular weight excluding hydrogens is 256 g/mol. The van der Waals surface area contributed by atoms with Gasteiger partial charge in [0.1, 0.15) is 5.60 Å². The van der Waals surface area contributed by atoms with Gasteiger partial charge in [-0.25, -0.2) is 17.9 Å². The third-order valence-corrected chi connectivity index (χ3v) is 3.35. The number of carbonyl (C=O) groups excluding carboxylic acids is 1. The summed E-state index contributed by atoms with van der Waals surface area (Å²) >= 11 is 0. The lowest BCUT2D eigenvalue weighted by atomic mass is 10.2. The lowest BCUT2D eigenvalue weighted by molar-refractivity contribution is 0.0236. The van der Waals surface area contributed by atoms with Crippen LogP contribution in [0.1, 0.15) is 34.1 Å². The molecule has 0 bridgehead atoms. The van der Waals surface area contributed by atoms with Crippen molar-refractivity contribution in [2.45, 2.75) is 51.8 Å². The van der Waals surface area contributed by atoms with Crippen LogP contribution in [0.3, 0.4) is 0 Å². The van der Waals surface area contributed by atoms with Crippen molar-refractivity contribution in [3.8, 4) is 0 Å². The third-order valence-electron chi connectivity index (χ3n) is 2.58. The Hall–Kier alpha value is -0.820. The zero-order chi connectivity index (χ0) is 14.1. The van der Waals surface area contributed by atoms with Gasteiger partial charge in [-0.2, -0.15) is 0 Å². The molecule has 0 radical (unpaired) electrons. The van der Waals surface area contributed by atoms with Crippen molar-refractivity contribution in [3.05, 3.63) is 0 Å². The van der Waals surface area contributed by atoms with Crippen LogP contribution in [0.15, 0.2) is 0 Å². The molecule has 1 fully saturated rings. The SMILES string of the molecule is C[C@@H]1C[C@H](NS(C)(=O)=O)CN1C(=O)OC(C)(C)C. The van der Waals surface area contributed by atoms with Gasteiger partial charge in [0.25, 0.3) is 0 Å². The number of nitrogens with one attached hydrogen (secondary N) is 1. The number of ether oxygens (including phenoxy) is 1. The quantitative estimate of drug-likeness (QED) is 0.815. The summed E-state index contributed by atoms with van der Waals surface area (Å²) in [6, 6.07) is -0.262. The Labute approximate surface area is 109 Å². The number of hydrogen-bond donors (Lipinski definition) is 1. The van der Waals surface area contributed by atoms with Gasteiger partial charge in [-0.15, -0.1) is 0 Å². The van der Waals surface area contributed by atoms with Crippen LogP contribution in [0.5, 0.6) is 0 Å². The van der Waals surface area contributed by atoms with Crippen LogP contribution in [0.25, 0.3) is 0 Å². The van der Waals surface area contributed by atoms with Gasteiger partial charge in [0.05, 0.1) is 6.26 Å². The lowest BCUT2D eigenvalue weighted by Gasteiger charge is -2.26. The smallest absolute Gasteiger partial charge is 0.410 e. The summed E-state index contributed by atoms with van der Waals surface area (Å²) in [5.74, 6) is 0. The second-order valence-electron chi connectivity index (χ2n) is 5.80. The summed E-state index contributed by atoms with van der Waals surface area (Å²) < 4.78 is 30.1. The average molecular weight is 278 g/mol. The molecule has 0 aromatic carbocycles. The molecule has 1 heterocycles. The number of nitrogens with zero attached hydrogens (tertiary/aromatic N) is 1. The van der Waals surface area contributed by atoms with E-state index in [2.05, 4.69) is 4.72 Å². The summed E-state index contributed by atoms with van der Waals surface area (Å²) in [5, 5.41) is 0. The molecule has 1 N–H and O–H groups in total. The fraction of sp³-hybridized carbons (Fsp3) is 0.909. The first-order valence-electron chi connectivity index (χ1n) is 5.95. The monoisotopic (exact) mass is 278 g/mol. The topological polar surface area (TPSA) is 75.7 Å². The van der Waals surface area contributed by atoms with Crippen LogP contribution in [0.2, 0.25) is 0 Å². The predicted molar refractivity (Wildman–Crippen MR) is 68.8 cm³/mol.